The number of aliphatic hydroxyl groups is 1. The largest absolute Gasteiger partial charge is 0.392 e. The summed E-state index contributed by atoms with van der Waals surface area (Å²) >= 11 is 0. The van der Waals surface area contributed by atoms with Gasteiger partial charge in [0.2, 0.25) is 0 Å². The van der Waals surface area contributed by atoms with Gasteiger partial charge in [-0.15, -0.1) is 0 Å². The van der Waals surface area contributed by atoms with Crippen LogP contribution in [0.15, 0.2) is 36.5 Å². The van der Waals surface area contributed by atoms with E-state index in [0.29, 0.717) is 11.3 Å². The Kier molecular flexibility index (Phi) is 3.81. The molecule has 7 heteroatoms. The standard InChI is InChI=1S/C13H13N3O4/c1-15-7-10(16(19)20)6-12(15)13(18)14-11-5-3-2-4-9(11)8-17/h2-7,17H,8H2,1H3,(H,14,18). The Labute approximate surface area is 114 Å². The van der Waals surface area contributed by atoms with E-state index in [1.807, 2.05) is 0 Å². The van der Waals surface area contributed by atoms with Crippen LogP contribution in [0.4, 0.5) is 11.4 Å². The van der Waals surface area contributed by atoms with Gasteiger partial charge in [-0.25, -0.2) is 0 Å². The van der Waals surface area contributed by atoms with Gasteiger partial charge < -0.3 is 15.0 Å². The van der Waals surface area contributed by atoms with Crippen LogP contribution in [-0.2, 0) is 13.7 Å². The molecule has 2 N–H and O–H groups in total. The zero-order valence-electron chi connectivity index (χ0n) is 10.7. The van der Waals surface area contributed by atoms with Gasteiger partial charge in [0.25, 0.3) is 11.6 Å². The molecule has 0 saturated heterocycles. The molecule has 1 aromatic heterocycles. The van der Waals surface area contributed by atoms with Crippen LogP contribution < -0.4 is 5.32 Å². The molecule has 1 amide bonds. The van der Waals surface area contributed by atoms with Crippen molar-refractivity contribution in [2.75, 3.05) is 5.32 Å². The van der Waals surface area contributed by atoms with Crippen molar-refractivity contribution in [2.24, 2.45) is 7.05 Å². The van der Waals surface area contributed by atoms with Crippen molar-refractivity contribution in [3.63, 3.8) is 0 Å². The number of aryl methyl sites for hydroxylation is 1. The first-order valence-electron chi connectivity index (χ1n) is 5.84. The molecule has 0 bridgehead atoms. The second kappa shape index (κ2) is 5.54. The molecule has 1 aromatic carbocycles. The van der Waals surface area contributed by atoms with Crippen molar-refractivity contribution in [1.82, 2.24) is 4.57 Å². The lowest BCUT2D eigenvalue weighted by molar-refractivity contribution is -0.384. The first-order chi connectivity index (χ1) is 9.52. The van der Waals surface area contributed by atoms with E-state index in [1.165, 1.54) is 16.8 Å². The number of aliphatic hydroxyl groups excluding tert-OH is 1. The van der Waals surface area contributed by atoms with Gasteiger partial charge in [-0.3, -0.25) is 14.9 Å². The minimum absolute atomic E-state index is 0.145. The lowest BCUT2D eigenvalue weighted by Crippen LogP contribution is -2.16. The number of anilines is 1. The molecule has 0 saturated carbocycles. The molecule has 20 heavy (non-hydrogen) atoms. The fraction of sp³-hybridized carbons (Fsp3) is 0.154. The maximum atomic E-state index is 12.1. The number of benzene rings is 1. The fourth-order valence-electron chi connectivity index (χ4n) is 1.84. The summed E-state index contributed by atoms with van der Waals surface area (Å²) in [4.78, 5) is 22.2. The first-order valence-corrected chi connectivity index (χ1v) is 5.84. The molecule has 0 aliphatic heterocycles. The molecular formula is C13H13N3O4. The Hall–Kier alpha value is -2.67. The van der Waals surface area contributed by atoms with Crippen molar-refractivity contribution in [3.8, 4) is 0 Å². The van der Waals surface area contributed by atoms with Gasteiger partial charge in [-0.05, 0) is 6.07 Å². The molecule has 0 unspecified atom stereocenters. The minimum Gasteiger partial charge on any atom is -0.392 e. The third-order valence-corrected chi connectivity index (χ3v) is 2.87. The molecule has 0 radical (unpaired) electrons. The molecule has 0 aliphatic rings. The van der Waals surface area contributed by atoms with Gasteiger partial charge >= 0.3 is 0 Å². The summed E-state index contributed by atoms with van der Waals surface area (Å²) in [6.45, 7) is -0.205. The lowest BCUT2D eigenvalue weighted by atomic mass is 10.2. The van der Waals surface area contributed by atoms with E-state index in [4.69, 9.17) is 0 Å². The number of rotatable bonds is 4. The van der Waals surface area contributed by atoms with Gasteiger partial charge in [-0.1, -0.05) is 18.2 Å². The number of nitrogens with zero attached hydrogens (tertiary/aromatic N) is 2. The van der Waals surface area contributed by atoms with E-state index in [0.717, 1.165) is 0 Å². The number of hydrogen-bond donors (Lipinski definition) is 2. The van der Waals surface area contributed by atoms with E-state index in [1.54, 1.807) is 31.3 Å². The Morgan fingerprint density at radius 2 is 2.15 bits per heavy atom. The molecular weight excluding hydrogens is 262 g/mol. The first kappa shape index (κ1) is 13.8. The maximum Gasteiger partial charge on any atom is 0.287 e. The average Bonchev–Trinajstić information content (AvgIpc) is 2.82. The lowest BCUT2D eigenvalue weighted by Gasteiger charge is -2.09. The Morgan fingerprint density at radius 1 is 1.45 bits per heavy atom. The molecule has 0 atom stereocenters. The Bertz CT molecular complexity index is 663. The van der Waals surface area contributed by atoms with Gasteiger partial charge in [0.05, 0.1) is 17.7 Å². The molecule has 0 fully saturated rings. The van der Waals surface area contributed by atoms with Crippen molar-refractivity contribution < 1.29 is 14.8 Å². The number of aromatic nitrogens is 1. The summed E-state index contributed by atoms with van der Waals surface area (Å²) in [6, 6.07) is 8.01. The predicted octanol–water partition coefficient (Wildman–Crippen LogP) is 1.68. The number of amides is 1. The predicted molar refractivity (Wildman–Crippen MR) is 72.4 cm³/mol. The smallest absolute Gasteiger partial charge is 0.287 e. The van der Waals surface area contributed by atoms with Crippen LogP contribution in [0.1, 0.15) is 16.1 Å². The zero-order chi connectivity index (χ0) is 14.7. The molecule has 0 aliphatic carbocycles. The summed E-state index contributed by atoms with van der Waals surface area (Å²) < 4.78 is 1.38. The topological polar surface area (TPSA) is 97.4 Å². The monoisotopic (exact) mass is 275 g/mol. The number of carbonyl (C=O) groups excluding carboxylic acids is 1. The number of carbonyl (C=O) groups is 1. The molecule has 7 nitrogen and oxygen atoms in total. The van der Waals surface area contributed by atoms with Crippen LogP contribution in [0.3, 0.4) is 0 Å². The van der Waals surface area contributed by atoms with Gasteiger partial charge in [0, 0.05) is 24.4 Å². The van der Waals surface area contributed by atoms with E-state index in [-0.39, 0.29) is 18.0 Å². The van der Waals surface area contributed by atoms with Gasteiger partial charge in [0.1, 0.15) is 5.69 Å². The average molecular weight is 275 g/mol. The maximum absolute atomic E-state index is 12.1. The highest BCUT2D eigenvalue weighted by Crippen LogP contribution is 2.19. The van der Waals surface area contributed by atoms with Gasteiger partial charge in [0.15, 0.2) is 0 Å². The zero-order valence-corrected chi connectivity index (χ0v) is 10.7. The number of nitrogens with one attached hydrogen (secondary N) is 1. The Morgan fingerprint density at radius 3 is 2.75 bits per heavy atom. The van der Waals surface area contributed by atoms with E-state index < -0.39 is 10.8 Å². The molecule has 1 heterocycles. The SMILES string of the molecule is Cn1cc([N+](=O)[O-])cc1C(=O)Nc1ccccc1CO. The molecule has 0 spiro atoms. The highest BCUT2D eigenvalue weighted by molar-refractivity contribution is 6.04. The van der Waals surface area contributed by atoms with Crippen LogP contribution in [0.25, 0.3) is 0 Å². The summed E-state index contributed by atoms with van der Waals surface area (Å²) in [5, 5.41) is 22.5. The van der Waals surface area contributed by atoms with Crippen LogP contribution in [-0.4, -0.2) is 20.5 Å². The van der Waals surface area contributed by atoms with Crippen LogP contribution in [0.5, 0.6) is 0 Å². The molecule has 2 aromatic rings. The van der Waals surface area contributed by atoms with E-state index in [2.05, 4.69) is 5.32 Å². The summed E-state index contributed by atoms with van der Waals surface area (Å²) in [5.41, 5.74) is 1.07. The van der Waals surface area contributed by atoms with Crippen LogP contribution in [0.2, 0.25) is 0 Å². The molecule has 2 rings (SSSR count). The third kappa shape index (κ3) is 2.67. The van der Waals surface area contributed by atoms with Crippen molar-refractivity contribution in [3.05, 3.63) is 57.9 Å². The van der Waals surface area contributed by atoms with E-state index in [9.17, 15) is 20.0 Å². The highest BCUT2D eigenvalue weighted by Gasteiger charge is 2.18. The van der Waals surface area contributed by atoms with Crippen molar-refractivity contribution >= 4 is 17.3 Å². The Balaban J connectivity index is 2.26. The third-order valence-electron chi connectivity index (χ3n) is 2.87. The number of hydrogen-bond acceptors (Lipinski definition) is 4. The quantitative estimate of drug-likeness (QED) is 0.655. The summed E-state index contributed by atoms with van der Waals surface area (Å²) in [6.07, 6.45) is 1.27. The second-order valence-corrected chi connectivity index (χ2v) is 4.22. The summed E-state index contributed by atoms with van der Waals surface area (Å²) in [5.74, 6) is -0.471. The van der Waals surface area contributed by atoms with Crippen LogP contribution in [0, 0.1) is 10.1 Å². The van der Waals surface area contributed by atoms with Crippen molar-refractivity contribution in [2.45, 2.75) is 6.61 Å². The van der Waals surface area contributed by atoms with Gasteiger partial charge in [-0.2, -0.15) is 0 Å². The van der Waals surface area contributed by atoms with E-state index >= 15 is 0 Å². The number of para-hydroxylation sites is 1. The fourth-order valence-corrected chi connectivity index (χ4v) is 1.84. The summed E-state index contributed by atoms with van der Waals surface area (Å²) in [7, 11) is 1.56. The highest BCUT2D eigenvalue weighted by atomic mass is 16.6. The van der Waals surface area contributed by atoms with Crippen molar-refractivity contribution in [1.29, 1.82) is 0 Å². The number of nitro groups is 1. The normalized spacial score (nSPS) is 10.3. The minimum atomic E-state index is -0.557. The second-order valence-electron chi connectivity index (χ2n) is 4.22. The molecule has 104 valence electrons. The van der Waals surface area contributed by atoms with Crippen LogP contribution >= 0.6 is 0 Å².